The third kappa shape index (κ3) is 5.38. The molecule has 1 aliphatic heterocycles. The number of carbonyl (C=O) groups is 4. The molecule has 0 radical (unpaired) electrons. The highest BCUT2D eigenvalue weighted by Crippen LogP contribution is 2.78. The smallest absolute Gasteiger partial charge is 0.317 e. The molecule has 1 aromatic carbocycles. The molecule has 0 spiro atoms. The normalized spacial score (nSPS) is 48.9. The number of hydrogen-bond donors (Lipinski definition) is 1. The Hall–Kier alpha value is -3.98. The standard InChI is InChI=1S/C60H78O9/c1-34-45-37(54(7)24-28-58(11)43-33-52(5,48(64)67-14)20-18-50(43,3)22-26-56(58,9)41(54)31-38(45)61)29-39-46(34)69-59(12)35-15-16-40-53(6,36(35)30-44(62)60(59,65)68-39)23-27-57(10)42-32-51(4,47(63)66-13)19-17-49(42,2)21-25-55(40,57)8/h15-16,29-31,42-43,65H,17-28,32-33H2,1-14H3. The Bertz CT molecular complexity index is 2720. The predicted molar refractivity (Wildman–Crippen MR) is 263 cm³/mol. The molecule has 9 nitrogen and oxygen atoms in total. The van der Waals surface area contributed by atoms with Crippen molar-refractivity contribution in [1.82, 2.24) is 0 Å². The number of hydrogen-bond acceptors (Lipinski definition) is 9. The highest BCUT2D eigenvalue weighted by molar-refractivity contribution is 6.10. The molecule has 1 N–H and O–H groups in total. The number of benzene rings is 1. The lowest BCUT2D eigenvalue weighted by Gasteiger charge is -2.70. The van der Waals surface area contributed by atoms with Crippen LogP contribution in [0.3, 0.4) is 0 Å². The lowest BCUT2D eigenvalue weighted by atomic mass is 9.34. The Morgan fingerprint density at radius 2 is 1.12 bits per heavy atom. The zero-order chi connectivity index (χ0) is 49.9. The third-order valence-corrected chi connectivity index (χ3v) is 24.2. The van der Waals surface area contributed by atoms with Crippen molar-refractivity contribution in [2.75, 3.05) is 14.2 Å². The molecule has 14 unspecified atom stereocenters. The predicted octanol–water partition coefficient (Wildman–Crippen LogP) is 12.1. The van der Waals surface area contributed by atoms with E-state index in [-0.39, 0.29) is 61.9 Å². The largest absolute Gasteiger partial charge is 0.471 e. The van der Waals surface area contributed by atoms with Crippen LogP contribution in [0.2, 0.25) is 0 Å². The monoisotopic (exact) mass is 943 g/mol. The minimum Gasteiger partial charge on any atom is -0.471 e. The summed E-state index contributed by atoms with van der Waals surface area (Å²) in [5, 5.41) is 12.9. The van der Waals surface area contributed by atoms with Crippen LogP contribution in [0, 0.1) is 67.5 Å². The van der Waals surface area contributed by atoms with E-state index in [1.165, 1.54) is 19.8 Å². The topological polar surface area (TPSA) is 125 Å². The van der Waals surface area contributed by atoms with E-state index in [2.05, 4.69) is 81.4 Å². The van der Waals surface area contributed by atoms with Crippen LogP contribution in [0.15, 0.2) is 52.7 Å². The molecule has 14 atom stereocenters. The van der Waals surface area contributed by atoms with Crippen LogP contribution in [0.5, 0.6) is 11.5 Å². The molecule has 0 saturated heterocycles. The van der Waals surface area contributed by atoms with E-state index < -0.39 is 38.8 Å². The lowest BCUT2D eigenvalue weighted by molar-refractivity contribution is -0.231. The van der Waals surface area contributed by atoms with Crippen molar-refractivity contribution in [1.29, 1.82) is 0 Å². The average Bonchev–Trinajstić information content (AvgIpc) is 3.30. The van der Waals surface area contributed by atoms with Crippen molar-refractivity contribution in [3.8, 4) is 11.5 Å². The number of methoxy groups -OCH3 is 2. The Labute approximate surface area is 410 Å². The summed E-state index contributed by atoms with van der Waals surface area (Å²) in [6, 6.07) is 1.91. The van der Waals surface area contributed by atoms with Crippen LogP contribution >= 0.6 is 0 Å². The van der Waals surface area contributed by atoms with Crippen molar-refractivity contribution in [3.63, 3.8) is 0 Å². The van der Waals surface area contributed by atoms with Crippen LogP contribution in [0.1, 0.15) is 188 Å². The minimum atomic E-state index is -2.37. The molecule has 0 bridgehead atoms. The summed E-state index contributed by atoms with van der Waals surface area (Å²) in [5.74, 6) is -1.99. The summed E-state index contributed by atoms with van der Waals surface area (Å²) in [5.41, 5.74) is 1.75. The second kappa shape index (κ2) is 13.7. The number of fused-ring (bicyclic) bond motifs is 17. The number of ether oxygens (including phenoxy) is 4. The van der Waals surface area contributed by atoms with Gasteiger partial charge in [0.05, 0.1) is 25.0 Å². The Kier molecular flexibility index (Phi) is 9.43. The van der Waals surface area contributed by atoms with Gasteiger partial charge in [-0.3, -0.25) is 19.2 Å². The number of carbonyl (C=O) groups excluding carboxylic acids is 4. The maximum atomic E-state index is 15.0. The van der Waals surface area contributed by atoms with Gasteiger partial charge in [-0.25, -0.2) is 0 Å². The molecule has 9 aliphatic carbocycles. The van der Waals surface area contributed by atoms with Gasteiger partial charge in [0.1, 0.15) is 0 Å². The Morgan fingerprint density at radius 3 is 1.65 bits per heavy atom. The number of allylic oxidation sites excluding steroid dienone is 5. The molecule has 0 amide bonds. The van der Waals surface area contributed by atoms with Gasteiger partial charge in [-0.2, -0.15) is 0 Å². The highest BCUT2D eigenvalue weighted by atomic mass is 16.7. The van der Waals surface area contributed by atoms with Crippen LogP contribution in [-0.4, -0.2) is 54.2 Å². The van der Waals surface area contributed by atoms with E-state index in [1.807, 2.05) is 19.1 Å². The number of rotatable bonds is 2. The summed E-state index contributed by atoms with van der Waals surface area (Å²) in [6.07, 6.45) is 20.5. The maximum absolute atomic E-state index is 15.0. The van der Waals surface area contributed by atoms with Crippen molar-refractivity contribution < 1.29 is 43.2 Å². The van der Waals surface area contributed by atoms with Gasteiger partial charge < -0.3 is 24.1 Å². The molecule has 6 fully saturated rings. The van der Waals surface area contributed by atoms with Gasteiger partial charge in [0, 0.05) is 27.5 Å². The Morgan fingerprint density at radius 1 is 0.609 bits per heavy atom. The van der Waals surface area contributed by atoms with Crippen LogP contribution in [0.4, 0.5) is 0 Å². The first-order chi connectivity index (χ1) is 32.0. The average molecular weight is 943 g/mol. The highest BCUT2D eigenvalue weighted by Gasteiger charge is 2.72. The summed E-state index contributed by atoms with van der Waals surface area (Å²) in [4.78, 5) is 56.5. The number of aliphatic hydroxyl groups is 1. The fourth-order valence-corrected chi connectivity index (χ4v) is 18.9. The van der Waals surface area contributed by atoms with Gasteiger partial charge in [-0.15, -0.1) is 0 Å². The summed E-state index contributed by atoms with van der Waals surface area (Å²) < 4.78 is 24.7. The molecule has 69 heavy (non-hydrogen) atoms. The molecular formula is C60H78O9. The van der Waals surface area contributed by atoms with Gasteiger partial charge in [0.25, 0.3) is 0 Å². The van der Waals surface area contributed by atoms with Crippen molar-refractivity contribution in [3.05, 3.63) is 69.4 Å². The van der Waals surface area contributed by atoms with E-state index in [4.69, 9.17) is 18.9 Å². The van der Waals surface area contributed by atoms with E-state index in [1.54, 1.807) is 13.0 Å². The molecule has 0 aromatic heterocycles. The zero-order valence-corrected chi connectivity index (χ0v) is 44.2. The van der Waals surface area contributed by atoms with E-state index in [0.717, 1.165) is 112 Å². The first-order valence-corrected chi connectivity index (χ1v) is 26.4. The van der Waals surface area contributed by atoms with Crippen LogP contribution in [0.25, 0.3) is 0 Å². The summed E-state index contributed by atoms with van der Waals surface area (Å²) >= 11 is 0. The molecule has 9 heteroatoms. The molecule has 11 rings (SSSR count). The van der Waals surface area contributed by atoms with E-state index in [0.29, 0.717) is 22.8 Å². The van der Waals surface area contributed by atoms with Gasteiger partial charge in [0.2, 0.25) is 11.4 Å². The molecular weight excluding hydrogens is 865 g/mol. The second-order valence-electron chi connectivity index (χ2n) is 27.2. The van der Waals surface area contributed by atoms with Gasteiger partial charge >= 0.3 is 17.7 Å². The fourth-order valence-electron chi connectivity index (χ4n) is 18.9. The first-order valence-electron chi connectivity index (χ1n) is 26.4. The SMILES string of the molecule is COC(=O)C1(C)CCC2(C)CCC3(C)C4=CC=C5C(=CC(=O)C6(O)Oc7cc8c(c(C)c7OC56C)C(=O)C=C5C8(C)CCC6(C)C7CC(C)(C(=O)OC)CCC7(C)CCC56C)C4(C)CCC3(C)C2C1. The first kappa shape index (κ1) is 47.4. The summed E-state index contributed by atoms with van der Waals surface area (Å²) in [6.45, 7) is 27.0. The maximum Gasteiger partial charge on any atom is 0.317 e. The molecule has 372 valence electrons. The van der Waals surface area contributed by atoms with Gasteiger partial charge in [-0.1, -0.05) is 73.1 Å². The fraction of sp³-hybridized carbons (Fsp3) is 0.700. The molecule has 1 heterocycles. The minimum absolute atomic E-state index is 0.0570. The van der Waals surface area contributed by atoms with E-state index >= 15 is 0 Å². The third-order valence-electron chi connectivity index (χ3n) is 24.2. The van der Waals surface area contributed by atoms with Gasteiger partial charge in [-0.05, 0) is 197 Å². The molecule has 6 saturated carbocycles. The quantitative estimate of drug-likeness (QED) is 0.289. The number of esters is 2. The van der Waals surface area contributed by atoms with Crippen LogP contribution < -0.4 is 9.47 Å². The van der Waals surface area contributed by atoms with Crippen LogP contribution in [-0.2, 0) is 29.3 Å². The zero-order valence-electron chi connectivity index (χ0n) is 44.2. The van der Waals surface area contributed by atoms with Crippen molar-refractivity contribution in [2.24, 2.45) is 60.6 Å². The van der Waals surface area contributed by atoms with Crippen molar-refractivity contribution in [2.45, 2.75) is 190 Å². The van der Waals surface area contributed by atoms with Gasteiger partial charge in [0.15, 0.2) is 17.3 Å². The second-order valence-corrected chi connectivity index (χ2v) is 27.2. The number of ketones is 2. The van der Waals surface area contributed by atoms with E-state index in [9.17, 15) is 24.3 Å². The lowest BCUT2D eigenvalue weighted by Crippen LogP contribution is -2.70. The Balaban J connectivity index is 0.968. The molecule has 10 aliphatic rings. The molecule has 1 aromatic rings. The van der Waals surface area contributed by atoms with Crippen molar-refractivity contribution >= 4 is 23.5 Å². The summed E-state index contributed by atoms with van der Waals surface area (Å²) in [7, 11) is 3.01.